The van der Waals surface area contributed by atoms with E-state index < -0.39 is 0 Å². The highest BCUT2D eigenvalue weighted by Crippen LogP contribution is 2.47. The number of aromatic nitrogens is 10. The van der Waals surface area contributed by atoms with Gasteiger partial charge >= 0.3 is 0 Å². The lowest BCUT2D eigenvalue weighted by molar-refractivity contribution is 0.670. The minimum absolute atomic E-state index is 0.631. The Morgan fingerprint density at radius 3 is 0.984 bits per heavy atom. The average molecular weight is 1660 g/mol. The maximum absolute atomic E-state index is 6.54. The molecule has 0 N–H and O–H groups in total. The lowest BCUT2D eigenvalue weighted by atomic mass is 10.1. The van der Waals surface area contributed by atoms with Crippen LogP contribution >= 0.6 is 11.3 Å². The fourth-order valence-corrected chi connectivity index (χ4v) is 20.0. The highest BCUT2D eigenvalue weighted by Gasteiger charge is 2.25. The van der Waals surface area contributed by atoms with Gasteiger partial charge in [-0.25, -0.2) is 34.9 Å². The summed E-state index contributed by atoms with van der Waals surface area (Å²) in [5.41, 5.74) is 24.2. The van der Waals surface area contributed by atoms with Crippen LogP contribution in [0.15, 0.2) is 433 Å². The van der Waals surface area contributed by atoms with Crippen molar-refractivity contribution in [2.24, 2.45) is 0 Å². The van der Waals surface area contributed by atoms with Crippen LogP contribution in [0.1, 0.15) is 0 Å². The first kappa shape index (κ1) is 73.6. The fourth-order valence-electron chi connectivity index (χ4n) is 18.8. The van der Waals surface area contributed by atoms with Gasteiger partial charge in [0.05, 0.1) is 60.2 Å². The summed E-state index contributed by atoms with van der Waals surface area (Å²) in [4.78, 5) is 35.0. The van der Waals surface area contributed by atoms with Crippen LogP contribution in [0.5, 0.6) is 0 Å². The van der Waals surface area contributed by atoms with Gasteiger partial charge in [0.15, 0.2) is 40.3 Å². The Kier molecular flexibility index (Phi) is 17.5. The second-order valence-corrected chi connectivity index (χ2v) is 33.2. The molecule has 0 aliphatic heterocycles. The molecule has 0 amide bonds. The van der Waals surface area contributed by atoms with Crippen molar-refractivity contribution in [2.45, 2.75) is 0 Å². The van der Waals surface area contributed by atoms with E-state index in [1.54, 1.807) is 0 Å². The van der Waals surface area contributed by atoms with Gasteiger partial charge in [-0.1, -0.05) is 315 Å². The van der Waals surface area contributed by atoms with Crippen molar-refractivity contribution in [2.75, 3.05) is 0 Å². The van der Waals surface area contributed by atoms with E-state index >= 15 is 0 Å². The number of fused-ring (bicyclic) bond motifs is 23. The Morgan fingerprint density at radius 1 is 0.195 bits per heavy atom. The number of rotatable bonds is 10. The number of benzene rings is 18. The molecule has 0 atom stereocenters. The third kappa shape index (κ3) is 12.4. The van der Waals surface area contributed by atoms with Crippen molar-refractivity contribution < 1.29 is 8.83 Å². The highest BCUT2D eigenvalue weighted by atomic mass is 32.1. The van der Waals surface area contributed by atoms with E-state index in [2.05, 4.69) is 311 Å². The fraction of sp³-hybridized carbons (Fsp3) is 0. The number of hydrogen-bond acceptors (Lipinski definition) is 10. The Labute approximate surface area is 736 Å². The summed E-state index contributed by atoms with van der Waals surface area (Å²) in [6.07, 6.45) is 0. The molecule has 0 aliphatic rings. The van der Waals surface area contributed by atoms with Crippen molar-refractivity contribution in [3.63, 3.8) is 0 Å². The van der Waals surface area contributed by atoms with Crippen LogP contribution in [0.3, 0.4) is 0 Å². The van der Waals surface area contributed by atoms with Crippen LogP contribution in [0.4, 0.5) is 0 Å². The minimum atomic E-state index is 0.631. The molecule has 0 unspecified atom stereocenters. The van der Waals surface area contributed by atoms with E-state index in [1.165, 1.54) is 52.8 Å². The molecule has 0 bridgehead atoms. The summed E-state index contributed by atoms with van der Waals surface area (Å²) in [5.74, 6) is 3.35. The zero-order valence-electron chi connectivity index (χ0n) is 68.6. The maximum Gasteiger partial charge on any atom is 0.164 e. The van der Waals surface area contributed by atoms with Gasteiger partial charge in [-0.05, 0) is 109 Å². The number of furan rings is 2. The Bertz CT molecular complexity index is 8680. The topological polar surface area (TPSA) is 131 Å². The molecule has 0 radical (unpaired) electrons. The number of thiophene rings is 1. The van der Waals surface area contributed by atoms with Crippen molar-refractivity contribution in [1.29, 1.82) is 0 Å². The molecule has 27 aromatic rings. The highest BCUT2D eigenvalue weighted by molar-refractivity contribution is 7.26. The minimum Gasteiger partial charge on any atom is -0.454 e. The molecule has 0 aliphatic carbocycles. The number of hydrogen-bond donors (Lipinski definition) is 0. The summed E-state index contributed by atoms with van der Waals surface area (Å²) >= 11 is 1.87. The van der Waals surface area contributed by atoms with E-state index in [1.807, 2.05) is 139 Å². The van der Waals surface area contributed by atoms with Crippen molar-refractivity contribution in [3.05, 3.63) is 425 Å². The van der Waals surface area contributed by atoms with Crippen molar-refractivity contribution >= 4 is 163 Å². The van der Waals surface area contributed by atoms with Gasteiger partial charge in [-0.15, -0.1) is 11.3 Å². The first-order valence-electron chi connectivity index (χ1n) is 42.8. The van der Waals surface area contributed by atoms with Gasteiger partial charge in [0.2, 0.25) is 0 Å². The standard InChI is InChI=1S/C39H24N4O.C38H23N3O.C38H23N3S/c1-3-11-25(12-4-1)37-40-38(26-13-5-2-6-14-26)42-39(41-37)27-19-21-28(22-20-27)43-33-17-9-7-15-29(33)31-23-24-32-30-16-8-10-18-34(30)44-36(32)35(31)43;2*1-2-11-24(12-3-1)35-31-17-4-7-18-32(31)39-38(40-35)25-13-10-14-26(23-25)41-33-19-8-5-15-27(33)29-21-22-30-28-16-6-9-20-34(28)42-37(30)36(29)41/h1-24H;2*1-23H. The van der Waals surface area contributed by atoms with E-state index in [0.717, 1.165) is 172 Å². The number of nitrogens with zero attached hydrogens (tertiary/aromatic N) is 10. The first-order valence-corrected chi connectivity index (χ1v) is 43.6. The van der Waals surface area contributed by atoms with Crippen LogP contribution in [0.25, 0.3) is 248 Å². The van der Waals surface area contributed by atoms with Gasteiger partial charge in [0, 0.05) is 136 Å². The molecule has 13 heteroatoms. The lowest BCUT2D eigenvalue weighted by Crippen LogP contribution is -2.00. The zero-order valence-corrected chi connectivity index (χ0v) is 69.4. The second kappa shape index (κ2) is 30.4. The molecule has 9 heterocycles. The third-order valence-electron chi connectivity index (χ3n) is 24.6. The normalized spacial score (nSPS) is 11.8. The van der Waals surface area contributed by atoms with Gasteiger partial charge in [-0.2, -0.15) is 0 Å². The third-order valence-corrected chi connectivity index (χ3v) is 25.8. The molecule has 9 aromatic heterocycles. The molecule has 0 saturated heterocycles. The quantitative estimate of drug-likeness (QED) is 0.131. The van der Waals surface area contributed by atoms with E-state index in [-0.39, 0.29) is 0 Å². The van der Waals surface area contributed by atoms with Crippen molar-refractivity contribution in [1.82, 2.24) is 48.6 Å². The monoisotopic (exact) mass is 1650 g/mol. The van der Waals surface area contributed by atoms with Crippen LogP contribution < -0.4 is 0 Å². The maximum atomic E-state index is 6.54. The summed E-state index contributed by atoms with van der Waals surface area (Å²) in [6, 6.07) is 147. The molecule has 18 aromatic carbocycles. The van der Waals surface area contributed by atoms with E-state index in [9.17, 15) is 0 Å². The summed E-state index contributed by atoms with van der Waals surface area (Å²) < 4.78 is 22.7. The predicted octanol–water partition coefficient (Wildman–Crippen LogP) is 30.3. The van der Waals surface area contributed by atoms with E-state index in [4.69, 9.17) is 43.7 Å². The average Bonchev–Trinajstić information content (AvgIpc) is 1.57. The van der Waals surface area contributed by atoms with Crippen LogP contribution in [-0.4, -0.2) is 48.6 Å². The van der Waals surface area contributed by atoms with Crippen molar-refractivity contribution in [3.8, 4) is 96.5 Å². The van der Waals surface area contributed by atoms with Crippen LogP contribution in [0, 0.1) is 0 Å². The van der Waals surface area contributed by atoms with Crippen LogP contribution in [0.2, 0.25) is 0 Å². The Balaban J connectivity index is 0.000000104. The molecule has 27 rings (SSSR count). The largest absolute Gasteiger partial charge is 0.454 e. The SMILES string of the molecule is c1ccc(-c2nc(-c3cccc(-n4c5ccccc5c5ccc6c7ccccc7oc6c54)c3)nc3ccccc23)cc1.c1ccc(-c2nc(-c3cccc(-n4c5ccccc5c5ccc6c7ccccc7sc6c54)c3)nc3ccccc23)cc1.c1ccc(-c2nc(-c3ccccc3)nc(-c3ccc(-n4c5ccccc5c5ccc6c7ccccc7oc6c54)cc3)n2)cc1. The first-order chi connectivity index (χ1) is 63.5. The molecule has 128 heavy (non-hydrogen) atoms. The summed E-state index contributed by atoms with van der Waals surface area (Å²) in [7, 11) is 0. The molecule has 0 spiro atoms. The zero-order chi connectivity index (χ0) is 84.3. The Hall–Kier alpha value is -17.1. The van der Waals surface area contributed by atoms with Gasteiger partial charge in [0.1, 0.15) is 11.2 Å². The van der Waals surface area contributed by atoms with Gasteiger partial charge in [0.25, 0.3) is 0 Å². The Morgan fingerprint density at radius 2 is 0.523 bits per heavy atom. The van der Waals surface area contributed by atoms with E-state index in [0.29, 0.717) is 23.3 Å². The van der Waals surface area contributed by atoms with Gasteiger partial charge in [-0.3, -0.25) is 0 Å². The molecule has 598 valence electrons. The molecule has 12 nitrogen and oxygen atoms in total. The second-order valence-electron chi connectivity index (χ2n) is 32.1. The molecule has 0 saturated carbocycles. The predicted molar refractivity (Wildman–Crippen MR) is 527 cm³/mol. The van der Waals surface area contributed by atoms with Crippen LogP contribution in [-0.2, 0) is 0 Å². The molecule has 0 fully saturated rings. The molecular weight excluding hydrogens is 1590 g/mol. The summed E-state index contributed by atoms with van der Waals surface area (Å²) in [6.45, 7) is 0. The lowest BCUT2D eigenvalue weighted by Gasteiger charge is -2.12. The number of para-hydroxylation sites is 7. The smallest absolute Gasteiger partial charge is 0.164 e. The summed E-state index contributed by atoms with van der Waals surface area (Å²) in [5, 5.41) is 16.4. The van der Waals surface area contributed by atoms with Gasteiger partial charge < -0.3 is 22.5 Å². The molecular formula is C115H70N10O2S.